The molecule has 208 valence electrons. The Morgan fingerprint density at radius 2 is 1.47 bits per heavy atom. The van der Waals surface area contributed by atoms with Gasteiger partial charge in [-0.1, -0.05) is 45.9 Å². The van der Waals surface area contributed by atoms with Gasteiger partial charge >= 0.3 is 0 Å². The summed E-state index contributed by atoms with van der Waals surface area (Å²) in [5.74, 6) is -3.05. The zero-order chi connectivity index (χ0) is 27.0. The van der Waals surface area contributed by atoms with Crippen molar-refractivity contribution in [2.24, 2.45) is 11.8 Å². The van der Waals surface area contributed by atoms with E-state index < -0.39 is 17.8 Å². The molecule has 3 unspecified atom stereocenters. The third kappa shape index (κ3) is 5.50. The first-order chi connectivity index (χ1) is 18.1. The van der Waals surface area contributed by atoms with Crippen LogP contribution in [0.25, 0.3) is 0 Å². The lowest BCUT2D eigenvalue weighted by atomic mass is 9.75. The number of nitrogens with zero attached hydrogens (tertiary/aromatic N) is 3. The van der Waals surface area contributed by atoms with Crippen LogP contribution in [0, 0.1) is 11.8 Å². The van der Waals surface area contributed by atoms with E-state index in [4.69, 9.17) is 0 Å². The molecule has 7 heteroatoms. The molecule has 2 aromatic rings. The van der Waals surface area contributed by atoms with Crippen LogP contribution < -0.4 is 15.5 Å². The van der Waals surface area contributed by atoms with Crippen LogP contribution in [0.3, 0.4) is 0 Å². The van der Waals surface area contributed by atoms with Crippen LogP contribution in [-0.4, -0.2) is 81.2 Å². The van der Waals surface area contributed by atoms with Gasteiger partial charge in [0.1, 0.15) is 0 Å². The number of fused-ring (bicyclic) bond motifs is 3. The Morgan fingerprint density at radius 1 is 0.842 bits per heavy atom. The van der Waals surface area contributed by atoms with Crippen LogP contribution in [0.15, 0.2) is 42.5 Å². The normalized spacial score (nSPS) is 26.2. The zero-order valence-corrected chi connectivity index (χ0v) is 23.7. The fourth-order valence-corrected chi connectivity index (χ4v) is 6.50. The minimum Gasteiger partial charge on any atom is -0.382 e. The minimum absolute atomic E-state index is 0.186. The summed E-state index contributed by atoms with van der Waals surface area (Å²) in [6, 6.07) is 14.9. The summed E-state index contributed by atoms with van der Waals surface area (Å²) in [6.45, 7) is 13.9. The van der Waals surface area contributed by atoms with Crippen molar-refractivity contribution in [3.05, 3.63) is 53.6 Å². The molecule has 3 atom stereocenters. The highest BCUT2D eigenvalue weighted by atomic mass is 19.3. The summed E-state index contributed by atoms with van der Waals surface area (Å²) < 4.78 is 31.5. The van der Waals surface area contributed by atoms with Gasteiger partial charge < -0.3 is 20.4 Å². The van der Waals surface area contributed by atoms with Gasteiger partial charge in [0.05, 0.1) is 23.2 Å². The molecule has 3 aliphatic heterocycles. The van der Waals surface area contributed by atoms with Gasteiger partial charge in [-0.25, -0.2) is 8.78 Å². The fourth-order valence-electron chi connectivity index (χ4n) is 6.50. The molecule has 2 aromatic carbocycles. The highest BCUT2D eigenvalue weighted by molar-refractivity contribution is 5.70. The van der Waals surface area contributed by atoms with Gasteiger partial charge in [0.25, 0.3) is 5.92 Å². The quantitative estimate of drug-likeness (QED) is 0.518. The third-order valence-electron chi connectivity index (χ3n) is 9.00. The molecule has 0 amide bonds. The Balaban J connectivity index is 1.29. The Labute approximate surface area is 227 Å². The van der Waals surface area contributed by atoms with E-state index in [0.717, 1.165) is 43.2 Å². The van der Waals surface area contributed by atoms with E-state index in [1.165, 1.54) is 11.1 Å². The average molecular weight is 526 g/mol. The molecule has 0 saturated carbocycles. The molecule has 5 rings (SSSR count). The summed E-state index contributed by atoms with van der Waals surface area (Å²) in [7, 11) is 2.04. The molecule has 2 bridgehead atoms. The van der Waals surface area contributed by atoms with Crippen molar-refractivity contribution in [1.29, 1.82) is 0 Å². The number of halogens is 2. The number of nitrogens with one attached hydrogen (secondary N) is 2. The Bertz CT molecular complexity index is 1090. The number of hydrogen-bond donors (Lipinski definition) is 2. The second-order valence-corrected chi connectivity index (χ2v) is 12.2. The van der Waals surface area contributed by atoms with Gasteiger partial charge in [0, 0.05) is 64.1 Å². The number of piperidine rings is 2. The summed E-state index contributed by atoms with van der Waals surface area (Å²) in [5, 5.41) is 7.18. The SMILES string of the molecule is CC(C)c1ccc(N2CC3CN(C)C(CN4CCNc5ccc(C(C)C)cc5NCC4)C(C2)C3(F)F)cc1. The van der Waals surface area contributed by atoms with E-state index in [9.17, 15) is 0 Å². The maximum absolute atomic E-state index is 15.7. The van der Waals surface area contributed by atoms with Crippen molar-refractivity contribution in [2.45, 2.75) is 51.5 Å². The maximum Gasteiger partial charge on any atom is 0.259 e. The van der Waals surface area contributed by atoms with E-state index in [2.05, 4.69) is 95.5 Å². The van der Waals surface area contributed by atoms with Crippen LogP contribution in [0.5, 0.6) is 0 Å². The lowest BCUT2D eigenvalue weighted by Gasteiger charge is -2.55. The van der Waals surface area contributed by atoms with Gasteiger partial charge in [-0.3, -0.25) is 4.90 Å². The second kappa shape index (κ2) is 11.0. The maximum atomic E-state index is 15.7. The van der Waals surface area contributed by atoms with Gasteiger partial charge in [-0.05, 0) is 54.3 Å². The molecule has 38 heavy (non-hydrogen) atoms. The van der Waals surface area contributed by atoms with Crippen molar-refractivity contribution in [3.63, 3.8) is 0 Å². The highest BCUT2D eigenvalue weighted by Crippen LogP contribution is 2.46. The van der Waals surface area contributed by atoms with Crippen LogP contribution in [0.2, 0.25) is 0 Å². The van der Waals surface area contributed by atoms with Crippen molar-refractivity contribution >= 4 is 17.1 Å². The molecule has 5 nitrogen and oxygen atoms in total. The number of benzene rings is 2. The van der Waals surface area contributed by atoms with Gasteiger partial charge in [-0.2, -0.15) is 0 Å². The van der Waals surface area contributed by atoms with Crippen molar-refractivity contribution in [1.82, 2.24) is 9.80 Å². The van der Waals surface area contributed by atoms with Crippen LogP contribution in [0.1, 0.15) is 50.7 Å². The molecule has 0 aliphatic carbocycles. The molecular formula is C31H45F2N5. The molecule has 0 radical (unpaired) electrons. The molecule has 0 aromatic heterocycles. The topological polar surface area (TPSA) is 33.8 Å². The number of likely N-dealkylation sites (tertiary alicyclic amines) is 1. The van der Waals surface area contributed by atoms with Crippen LogP contribution in [-0.2, 0) is 0 Å². The Morgan fingerprint density at radius 3 is 2.13 bits per heavy atom. The van der Waals surface area contributed by atoms with Crippen LogP contribution in [0.4, 0.5) is 25.8 Å². The van der Waals surface area contributed by atoms with Crippen molar-refractivity contribution < 1.29 is 8.78 Å². The minimum atomic E-state index is -2.65. The van der Waals surface area contributed by atoms with Gasteiger partial charge in [0.15, 0.2) is 0 Å². The number of alkyl halides is 2. The summed E-state index contributed by atoms with van der Waals surface area (Å²) in [6.07, 6.45) is 0. The van der Waals surface area contributed by atoms with E-state index in [1.807, 2.05) is 7.05 Å². The molecular weight excluding hydrogens is 480 g/mol. The van der Waals surface area contributed by atoms with Gasteiger partial charge in [0.2, 0.25) is 0 Å². The van der Waals surface area contributed by atoms with E-state index >= 15 is 8.78 Å². The number of anilines is 3. The largest absolute Gasteiger partial charge is 0.382 e. The van der Waals surface area contributed by atoms with E-state index in [0.29, 0.717) is 38.0 Å². The average Bonchev–Trinajstić information content (AvgIpc) is 2.97. The molecule has 0 spiro atoms. The first kappa shape index (κ1) is 27.2. The summed E-state index contributed by atoms with van der Waals surface area (Å²) in [4.78, 5) is 6.79. The lowest BCUT2D eigenvalue weighted by molar-refractivity contribution is -0.177. The third-order valence-corrected chi connectivity index (χ3v) is 9.00. The number of hydrogen-bond acceptors (Lipinski definition) is 5. The second-order valence-electron chi connectivity index (χ2n) is 12.2. The molecule has 3 aliphatic rings. The zero-order valence-electron chi connectivity index (χ0n) is 23.7. The summed E-state index contributed by atoms with van der Waals surface area (Å²) in [5.41, 5.74) is 5.92. The Hall–Kier alpha value is -2.38. The van der Waals surface area contributed by atoms with Crippen molar-refractivity contribution in [3.8, 4) is 0 Å². The molecule has 2 saturated heterocycles. The first-order valence-corrected chi connectivity index (χ1v) is 14.4. The Kier molecular flexibility index (Phi) is 7.88. The molecule has 3 heterocycles. The molecule has 2 fully saturated rings. The fraction of sp³-hybridized carbons (Fsp3) is 0.613. The van der Waals surface area contributed by atoms with E-state index in [1.54, 1.807) is 0 Å². The predicted molar refractivity (Wildman–Crippen MR) is 155 cm³/mol. The van der Waals surface area contributed by atoms with E-state index in [-0.39, 0.29) is 6.04 Å². The first-order valence-electron chi connectivity index (χ1n) is 14.4. The predicted octanol–water partition coefficient (Wildman–Crippen LogP) is 5.77. The van der Waals surface area contributed by atoms with Gasteiger partial charge in [-0.15, -0.1) is 0 Å². The van der Waals surface area contributed by atoms with Crippen molar-refractivity contribution in [2.75, 3.05) is 74.9 Å². The van der Waals surface area contributed by atoms with Crippen LogP contribution >= 0.6 is 0 Å². The number of likely N-dealkylation sites (N-methyl/N-ethyl adjacent to an activating group) is 1. The lowest BCUT2D eigenvalue weighted by Crippen LogP contribution is -2.68. The molecule has 2 N–H and O–H groups in total. The smallest absolute Gasteiger partial charge is 0.259 e. The standard InChI is InChI=1S/C31H45F2N5/c1-21(2)23-6-9-26(10-7-23)38-18-25-17-36(5)30(27(19-38)31(25,32)33)20-37-14-12-34-28-11-8-24(22(3)4)16-29(28)35-13-15-37/h6-11,16,21-22,25,27,30,34-35H,12-15,17-20H2,1-5H3. The number of rotatable bonds is 5. The summed E-state index contributed by atoms with van der Waals surface area (Å²) >= 11 is 0. The highest BCUT2D eigenvalue weighted by Gasteiger charge is 2.58. The monoisotopic (exact) mass is 525 g/mol.